The molecule has 2 aliphatic heterocycles. The minimum Gasteiger partial charge on any atom is -0.343 e. The van der Waals surface area contributed by atoms with Gasteiger partial charge in [-0.05, 0) is 39.0 Å². The second-order valence-corrected chi connectivity index (χ2v) is 7.83. The van der Waals surface area contributed by atoms with E-state index in [2.05, 4.69) is 0 Å². The molecule has 0 aromatic heterocycles. The Morgan fingerprint density at radius 3 is 2.11 bits per heavy atom. The monoisotopic (exact) mass is 370 g/mol. The van der Waals surface area contributed by atoms with Gasteiger partial charge in [0.1, 0.15) is 0 Å². The molecule has 0 radical (unpaired) electrons. The van der Waals surface area contributed by atoms with Gasteiger partial charge < -0.3 is 9.80 Å². The third-order valence-corrected chi connectivity index (χ3v) is 5.80. The zero-order valence-electron chi connectivity index (χ0n) is 16.3. The fraction of sp³-hybridized carbons (Fsp3) is 0.591. The molecule has 5 nitrogen and oxygen atoms in total. The Hall–Kier alpha value is -2.17. The molecule has 2 aliphatic rings. The van der Waals surface area contributed by atoms with Gasteiger partial charge in [0.25, 0.3) is 0 Å². The lowest BCUT2D eigenvalue weighted by Crippen LogP contribution is -2.45. The van der Waals surface area contributed by atoms with E-state index in [9.17, 15) is 14.4 Å². The number of amides is 2. The Morgan fingerprint density at radius 1 is 0.852 bits per heavy atom. The van der Waals surface area contributed by atoms with E-state index in [0.717, 1.165) is 44.3 Å². The van der Waals surface area contributed by atoms with Crippen molar-refractivity contribution in [3.63, 3.8) is 0 Å². The number of piperidine rings is 2. The van der Waals surface area contributed by atoms with Crippen LogP contribution >= 0.6 is 0 Å². The van der Waals surface area contributed by atoms with Gasteiger partial charge in [0.15, 0.2) is 5.78 Å². The molecule has 0 aliphatic carbocycles. The van der Waals surface area contributed by atoms with Crippen molar-refractivity contribution in [2.45, 2.75) is 51.9 Å². The summed E-state index contributed by atoms with van der Waals surface area (Å²) in [5.74, 6) is 0.371. The summed E-state index contributed by atoms with van der Waals surface area (Å²) in [6.07, 6.45) is 5.42. The van der Waals surface area contributed by atoms with Crippen molar-refractivity contribution >= 4 is 17.6 Å². The zero-order chi connectivity index (χ0) is 19.2. The first kappa shape index (κ1) is 19.6. The van der Waals surface area contributed by atoms with Gasteiger partial charge in [-0.25, -0.2) is 0 Å². The molecule has 0 saturated carbocycles. The maximum absolute atomic E-state index is 12.6. The van der Waals surface area contributed by atoms with Crippen LogP contribution in [0.3, 0.4) is 0 Å². The van der Waals surface area contributed by atoms with Gasteiger partial charge in [-0.3, -0.25) is 14.4 Å². The molecule has 2 fully saturated rings. The molecule has 5 heteroatoms. The molecule has 2 amide bonds. The summed E-state index contributed by atoms with van der Waals surface area (Å²) in [5, 5.41) is 0. The lowest BCUT2D eigenvalue weighted by Gasteiger charge is -2.35. The number of benzene rings is 1. The minimum absolute atomic E-state index is 0.0125. The number of hydrogen-bond donors (Lipinski definition) is 0. The number of aryl methyl sites for hydroxylation is 1. The van der Waals surface area contributed by atoms with E-state index in [4.69, 9.17) is 0 Å². The van der Waals surface area contributed by atoms with Crippen LogP contribution in [0.1, 0.15) is 60.9 Å². The van der Waals surface area contributed by atoms with Crippen LogP contribution in [-0.4, -0.2) is 53.6 Å². The number of carbonyl (C=O) groups excluding carboxylic acids is 3. The van der Waals surface area contributed by atoms with Crippen molar-refractivity contribution in [1.29, 1.82) is 0 Å². The average Bonchev–Trinajstić information content (AvgIpc) is 2.72. The van der Waals surface area contributed by atoms with Crippen molar-refractivity contribution in [3.8, 4) is 0 Å². The number of ketones is 1. The van der Waals surface area contributed by atoms with E-state index in [1.165, 1.54) is 6.42 Å². The molecule has 1 aromatic carbocycles. The van der Waals surface area contributed by atoms with E-state index < -0.39 is 0 Å². The zero-order valence-corrected chi connectivity index (χ0v) is 16.3. The molecular formula is C22H30N2O3. The summed E-state index contributed by atoms with van der Waals surface area (Å²) in [5.41, 5.74) is 1.78. The number of nitrogens with zero attached hydrogens (tertiary/aromatic N) is 2. The third-order valence-electron chi connectivity index (χ3n) is 5.80. The Labute approximate surface area is 161 Å². The van der Waals surface area contributed by atoms with Crippen molar-refractivity contribution in [3.05, 3.63) is 35.4 Å². The van der Waals surface area contributed by atoms with Gasteiger partial charge >= 0.3 is 0 Å². The van der Waals surface area contributed by atoms with Crippen molar-refractivity contribution in [1.82, 2.24) is 9.80 Å². The number of carbonyl (C=O) groups is 3. The van der Waals surface area contributed by atoms with Gasteiger partial charge in [-0.1, -0.05) is 29.8 Å². The van der Waals surface area contributed by atoms with E-state index >= 15 is 0 Å². The molecule has 3 rings (SSSR count). The topological polar surface area (TPSA) is 57.7 Å². The predicted octanol–water partition coefficient (Wildman–Crippen LogP) is 3.21. The summed E-state index contributed by atoms with van der Waals surface area (Å²) in [6.45, 7) is 5.01. The Balaban J connectivity index is 1.42. The van der Waals surface area contributed by atoms with Crippen molar-refractivity contribution in [2.75, 3.05) is 26.2 Å². The Morgan fingerprint density at radius 2 is 1.48 bits per heavy atom. The normalized spacial score (nSPS) is 18.4. The fourth-order valence-corrected chi connectivity index (χ4v) is 4.01. The summed E-state index contributed by atoms with van der Waals surface area (Å²) < 4.78 is 0. The van der Waals surface area contributed by atoms with Crippen LogP contribution in [0, 0.1) is 12.8 Å². The quantitative estimate of drug-likeness (QED) is 0.748. The SMILES string of the molecule is Cc1ccc(C(=O)CCC(=O)N2CCC(C(=O)N3CCCCC3)CC2)cc1. The molecule has 0 atom stereocenters. The molecule has 0 bridgehead atoms. The molecule has 2 heterocycles. The fourth-order valence-electron chi connectivity index (χ4n) is 4.01. The number of likely N-dealkylation sites (tertiary alicyclic amines) is 2. The van der Waals surface area contributed by atoms with E-state index in [0.29, 0.717) is 18.7 Å². The standard InChI is InChI=1S/C22H30N2O3/c1-17-5-7-18(8-6-17)20(25)9-10-21(26)23-15-11-19(12-16-23)22(27)24-13-3-2-4-14-24/h5-8,19H,2-4,9-16H2,1H3. The molecule has 0 unspecified atom stereocenters. The van der Waals surface area contributed by atoms with Crippen LogP contribution < -0.4 is 0 Å². The van der Waals surface area contributed by atoms with Crippen molar-refractivity contribution in [2.24, 2.45) is 5.92 Å². The summed E-state index contributed by atoms with van der Waals surface area (Å²) in [6, 6.07) is 7.47. The Bertz CT molecular complexity index is 669. The maximum atomic E-state index is 12.6. The van der Waals surface area contributed by atoms with Gasteiger partial charge in [0, 0.05) is 50.5 Å². The lowest BCUT2D eigenvalue weighted by molar-refractivity contribution is -0.141. The number of hydrogen-bond acceptors (Lipinski definition) is 3. The highest BCUT2D eigenvalue weighted by molar-refractivity contribution is 5.98. The van der Waals surface area contributed by atoms with Gasteiger partial charge in [0.05, 0.1) is 0 Å². The molecule has 0 spiro atoms. The molecular weight excluding hydrogens is 340 g/mol. The van der Waals surface area contributed by atoms with E-state index in [-0.39, 0.29) is 36.4 Å². The minimum atomic E-state index is 0.0125. The van der Waals surface area contributed by atoms with Gasteiger partial charge in [-0.15, -0.1) is 0 Å². The third kappa shape index (κ3) is 5.18. The van der Waals surface area contributed by atoms with Crippen LogP contribution in [0.2, 0.25) is 0 Å². The Kier molecular flexibility index (Phi) is 6.64. The highest BCUT2D eigenvalue weighted by Crippen LogP contribution is 2.22. The van der Waals surface area contributed by atoms with Crippen molar-refractivity contribution < 1.29 is 14.4 Å². The first-order chi connectivity index (χ1) is 13.0. The molecule has 27 heavy (non-hydrogen) atoms. The second-order valence-electron chi connectivity index (χ2n) is 7.83. The highest BCUT2D eigenvalue weighted by atomic mass is 16.2. The molecule has 1 aromatic rings. The first-order valence-electron chi connectivity index (χ1n) is 10.2. The van der Waals surface area contributed by atoms with Gasteiger partial charge in [0.2, 0.25) is 11.8 Å². The summed E-state index contributed by atoms with van der Waals surface area (Å²) in [7, 11) is 0. The number of Topliss-reactive ketones (excluding diaryl/α,β-unsaturated/α-hetero) is 1. The van der Waals surface area contributed by atoms with Crippen LogP contribution in [0.4, 0.5) is 0 Å². The lowest BCUT2D eigenvalue weighted by atomic mass is 9.94. The molecule has 0 N–H and O–H groups in total. The van der Waals surface area contributed by atoms with Gasteiger partial charge in [-0.2, -0.15) is 0 Å². The van der Waals surface area contributed by atoms with Crippen LogP contribution in [0.5, 0.6) is 0 Å². The van der Waals surface area contributed by atoms with E-state index in [1.807, 2.05) is 41.0 Å². The second kappa shape index (κ2) is 9.16. The molecule has 2 saturated heterocycles. The maximum Gasteiger partial charge on any atom is 0.225 e. The first-order valence-corrected chi connectivity index (χ1v) is 10.2. The summed E-state index contributed by atoms with van der Waals surface area (Å²) in [4.78, 5) is 41.1. The van der Waals surface area contributed by atoms with Crippen LogP contribution in [0.15, 0.2) is 24.3 Å². The van der Waals surface area contributed by atoms with Crippen LogP contribution in [-0.2, 0) is 9.59 Å². The predicted molar refractivity (Wildman–Crippen MR) is 104 cm³/mol. The van der Waals surface area contributed by atoms with Crippen LogP contribution in [0.25, 0.3) is 0 Å². The largest absolute Gasteiger partial charge is 0.343 e. The number of rotatable bonds is 5. The smallest absolute Gasteiger partial charge is 0.225 e. The summed E-state index contributed by atoms with van der Waals surface area (Å²) >= 11 is 0. The molecule has 146 valence electrons. The van der Waals surface area contributed by atoms with E-state index in [1.54, 1.807) is 0 Å². The highest BCUT2D eigenvalue weighted by Gasteiger charge is 2.30. The average molecular weight is 370 g/mol.